The van der Waals surface area contributed by atoms with Gasteiger partial charge in [-0.05, 0) is 48.2 Å². The fraction of sp³-hybridized carbons (Fsp3) is 0.111. The number of aromatic nitrogens is 2. The van der Waals surface area contributed by atoms with Crippen LogP contribution in [0.1, 0.15) is 5.69 Å². The lowest BCUT2D eigenvalue weighted by Gasteiger charge is -2.10. The number of nitrogens with zero attached hydrogens (tertiary/aromatic N) is 3. The van der Waals surface area contributed by atoms with Gasteiger partial charge < -0.3 is 15.4 Å². The largest absolute Gasteiger partial charge is 0.358 e. The van der Waals surface area contributed by atoms with E-state index in [0.717, 1.165) is 14.5 Å². The van der Waals surface area contributed by atoms with Crippen molar-refractivity contribution in [2.24, 2.45) is 0 Å². The Bertz CT molecular complexity index is 989. The van der Waals surface area contributed by atoms with Crippen LogP contribution in [0.25, 0.3) is 0 Å². The highest BCUT2D eigenvalue weighted by Gasteiger charge is 2.20. The highest BCUT2D eigenvalue weighted by molar-refractivity contribution is 7.99. The molecule has 0 aliphatic heterocycles. The molecule has 138 valence electrons. The maximum Gasteiger partial charge on any atom is 0.345 e. The summed E-state index contributed by atoms with van der Waals surface area (Å²) < 4.78 is 1.08. The number of nitrogens with one attached hydrogen (secondary N) is 1. The highest BCUT2D eigenvalue weighted by atomic mass is 35.5. The van der Waals surface area contributed by atoms with Crippen molar-refractivity contribution in [3.8, 4) is 0 Å². The number of nitro groups is 1. The number of hydrogen-bond donors (Lipinski definition) is 1. The maximum absolute atomic E-state index is 12.4. The minimum atomic E-state index is -0.558. The van der Waals surface area contributed by atoms with Crippen molar-refractivity contribution in [2.45, 2.75) is 23.3 Å². The molecule has 0 saturated heterocycles. The molecule has 0 atom stereocenters. The topological polar surface area (TPSA) is 90.1 Å². The second-order valence-electron chi connectivity index (χ2n) is 5.66. The number of para-hydroxylation sites is 1. The summed E-state index contributed by atoms with van der Waals surface area (Å²) in [6.45, 7) is 1.39. The molecule has 3 rings (SSSR count). The predicted octanol–water partition coefficient (Wildman–Crippen LogP) is 4.54. The molecular formula is C18H15ClN4O3S. The van der Waals surface area contributed by atoms with Crippen molar-refractivity contribution in [3.63, 3.8) is 0 Å². The number of anilines is 1. The number of carbonyl (C=O) groups is 1. The summed E-state index contributed by atoms with van der Waals surface area (Å²) in [5, 5.41) is 18.5. The molecular weight excluding hydrogens is 388 g/mol. The molecule has 0 fully saturated rings. The van der Waals surface area contributed by atoms with Crippen LogP contribution >= 0.6 is 23.4 Å². The lowest BCUT2D eigenvalue weighted by Crippen LogP contribution is -2.20. The van der Waals surface area contributed by atoms with Crippen LogP contribution in [0.3, 0.4) is 0 Å². The van der Waals surface area contributed by atoms with E-state index in [-0.39, 0.29) is 12.4 Å². The van der Waals surface area contributed by atoms with Crippen LogP contribution in [0.5, 0.6) is 0 Å². The van der Waals surface area contributed by atoms with Gasteiger partial charge in [0.15, 0.2) is 6.54 Å². The molecule has 3 aromatic rings. The first-order chi connectivity index (χ1) is 12.9. The van der Waals surface area contributed by atoms with E-state index in [0.29, 0.717) is 16.4 Å². The monoisotopic (exact) mass is 402 g/mol. The van der Waals surface area contributed by atoms with Gasteiger partial charge in [-0.3, -0.25) is 4.79 Å². The Balaban J connectivity index is 1.75. The summed E-state index contributed by atoms with van der Waals surface area (Å²) in [5.74, 6) is -0.614. The lowest BCUT2D eigenvalue weighted by molar-refractivity contribution is -0.392. The van der Waals surface area contributed by atoms with Crippen molar-refractivity contribution in [2.75, 3.05) is 5.32 Å². The van der Waals surface area contributed by atoms with Crippen molar-refractivity contribution < 1.29 is 9.72 Å². The molecule has 7 nitrogen and oxygen atoms in total. The van der Waals surface area contributed by atoms with Gasteiger partial charge in [-0.2, -0.15) is 0 Å². The number of benzene rings is 2. The number of halogens is 1. The normalized spacial score (nSPS) is 10.6. The van der Waals surface area contributed by atoms with E-state index in [1.807, 2.05) is 30.3 Å². The third kappa shape index (κ3) is 4.87. The Kier molecular flexibility index (Phi) is 5.78. The third-order valence-electron chi connectivity index (χ3n) is 3.56. The minimum Gasteiger partial charge on any atom is -0.358 e. The summed E-state index contributed by atoms with van der Waals surface area (Å²) in [6.07, 6.45) is 0. The fourth-order valence-electron chi connectivity index (χ4n) is 2.41. The average molecular weight is 403 g/mol. The summed E-state index contributed by atoms with van der Waals surface area (Å²) >= 11 is 7.39. The third-order valence-corrected chi connectivity index (χ3v) is 4.90. The molecule has 27 heavy (non-hydrogen) atoms. The first-order valence-corrected chi connectivity index (χ1v) is 9.13. The molecule has 0 radical (unpaired) electrons. The van der Waals surface area contributed by atoms with E-state index in [9.17, 15) is 14.9 Å². The summed E-state index contributed by atoms with van der Waals surface area (Å²) in [5.41, 5.74) is 1.10. The molecule has 0 aliphatic carbocycles. The molecule has 0 unspecified atom stereocenters. The zero-order valence-corrected chi connectivity index (χ0v) is 15.8. The van der Waals surface area contributed by atoms with Crippen molar-refractivity contribution in [1.82, 2.24) is 9.78 Å². The maximum atomic E-state index is 12.4. The van der Waals surface area contributed by atoms with Gasteiger partial charge >= 0.3 is 5.82 Å². The Hall–Kier alpha value is -2.84. The lowest BCUT2D eigenvalue weighted by atomic mass is 10.3. The van der Waals surface area contributed by atoms with Crippen LogP contribution in [0, 0.1) is 17.0 Å². The zero-order valence-electron chi connectivity index (χ0n) is 14.3. The van der Waals surface area contributed by atoms with E-state index >= 15 is 0 Å². The molecule has 1 amide bonds. The molecule has 1 aromatic heterocycles. The average Bonchev–Trinajstić information content (AvgIpc) is 2.99. The SMILES string of the molecule is Cc1cc([N+](=O)[O-])n(CC(=O)Nc2ccccc2Sc2ccc(Cl)cc2)n1. The van der Waals surface area contributed by atoms with E-state index in [2.05, 4.69) is 10.4 Å². The van der Waals surface area contributed by atoms with Gasteiger partial charge in [-0.15, -0.1) is 4.68 Å². The smallest absolute Gasteiger partial charge is 0.345 e. The van der Waals surface area contributed by atoms with E-state index in [1.165, 1.54) is 17.8 Å². The zero-order chi connectivity index (χ0) is 19.4. The number of carbonyl (C=O) groups excluding carboxylic acids is 1. The van der Waals surface area contributed by atoms with E-state index in [1.54, 1.807) is 25.1 Å². The van der Waals surface area contributed by atoms with Crippen LogP contribution in [0.4, 0.5) is 11.5 Å². The van der Waals surface area contributed by atoms with Crippen LogP contribution in [-0.2, 0) is 11.3 Å². The molecule has 1 N–H and O–H groups in total. The van der Waals surface area contributed by atoms with Crippen molar-refractivity contribution in [3.05, 3.63) is 75.4 Å². The Morgan fingerprint density at radius 2 is 1.96 bits per heavy atom. The predicted molar refractivity (Wildman–Crippen MR) is 104 cm³/mol. The molecule has 0 spiro atoms. The van der Waals surface area contributed by atoms with Gasteiger partial charge in [0, 0.05) is 14.8 Å². The number of rotatable bonds is 6. The van der Waals surface area contributed by atoms with Gasteiger partial charge in [0.2, 0.25) is 0 Å². The first-order valence-electron chi connectivity index (χ1n) is 7.93. The molecule has 0 bridgehead atoms. The fourth-order valence-corrected chi connectivity index (χ4v) is 3.44. The number of aryl methyl sites for hydroxylation is 1. The second kappa shape index (κ2) is 8.24. The standard InChI is InChI=1S/C18H15ClN4O3S/c1-12-10-18(23(25)26)22(21-12)11-17(24)20-15-4-2-3-5-16(15)27-14-8-6-13(19)7-9-14/h2-10H,11H2,1H3,(H,20,24). The Labute approximate surface area is 164 Å². The van der Waals surface area contributed by atoms with Crippen molar-refractivity contribution >= 4 is 40.8 Å². The van der Waals surface area contributed by atoms with Gasteiger partial charge in [0.1, 0.15) is 0 Å². The summed E-state index contributed by atoms with van der Waals surface area (Å²) in [7, 11) is 0. The minimum absolute atomic E-state index is 0.216. The van der Waals surface area contributed by atoms with Gasteiger partial charge in [0.05, 0.1) is 17.4 Å². The summed E-state index contributed by atoms with van der Waals surface area (Å²) in [6, 6.07) is 16.0. The Morgan fingerprint density at radius 1 is 1.26 bits per heavy atom. The highest BCUT2D eigenvalue weighted by Crippen LogP contribution is 2.33. The van der Waals surface area contributed by atoms with Crippen LogP contribution in [0.15, 0.2) is 64.4 Å². The first kappa shape index (κ1) is 18.9. The second-order valence-corrected chi connectivity index (χ2v) is 7.21. The quantitative estimate of drug-likeness (QED) is 0.482. The Morgan fingerprint density at radius 3 is 2.67 bits per heavy atom. The number of hydrogen-bond acceptors (Lipinski definition) is 5. The molecule has 0 saturated carbocycles. The van der Waals surface area contributed by atoms with E-state index < -0.39 is 10.8 Å². The molecule has 9 heteroatoms. The number of amides is 1. The van der Waals surface area contributed by atoms with Crippen molar-refractivity contribution in [1.29, 1.82) is 0 Å². The van der Waals surface area contributed by atoms with Gasteiger partial charge in [-0.1, -0.05) is 40.6 Å². The molecule has 2 aromatic carbocycles. The van der Waals surface area contributed by atoms with Gasteiger partial charge in [0.25, 0.3) is 5.91 Å². The van der Waals surface area contributed by atoms with Gasteiger partial charge in [-0.25, -0.2) is 0 Å². The van der Waals surface area contributed by atoms with Crippen LogP contribution in [0.2, 0.25) is 5.02 Å². The molecule has 0 aliphatic rings. The van der Waals surface area contributed by atoms with E-state index in [4.69, 9.17) is 11.6 Å². The van der Waals surface area contributed by atoms with Crippen LogP contribution < -0.4 is 5.32 Å². The van der Waals surface area contributed by atoms with Crippen LogP contribution in [-0.4, -0.2) is 20.6 Å². The summed E-state index contributed by atoms with van der Waals surface area (Å²) in [4.78, 5) is 24.7. The molecule has 1 heterocycles.